The van der Waals surface area contributed by atoms with Crippen LogP contribution in [0.15, 0.2) is 0 Å². The van der Waals surface area contributed by atoms with Crippen molar-refractivity contribution in [2.45, 2.75) is 76.9 Å². The van der Waals surface area contributed by atoms with Crippen molar-refractivity contribution in [3.05, 3.63) is 5.01 Å². The third kappa shape index (κ3) is 2.67. The van der Waals surface area contributed by atoms with Gasteiger partial charge in [-0.3, -0.25) is 4.79 Å². The Morgan fingerprint density at radius 2 is 2.08 bits per heavy atom. The first-order valence-electron chi connectivity index (χ1n) is 9.24. The molecule has 1 aromatic heterocycles. The van der Waals surface area contributed by atoms with Gasteiger partial charge in [-0.15, -0.1) is 10.2 Å². The van der Waals surface area contributed by atoms with Crippen LogP contribution >= 0.6 is 11.3 Å². The minimum atomic E-state index is -0.663. The second-order valence-corrected chi connectivity index (χ2v) is 10.4. The number of aromatic nitrogens is 2. The molecule has 4 bridgehead atoms. The van der Waals surface area contributed by atoms with E-state index in [0.29, 0.717) is 22.5 Å². The zero-order valence-electron chi connectivity index (χ0n) is 15.3. The number of carbonyl (C=O) groups excluding carboxylic acids is 1. The summed E-state index contributed by atoms with van der Waals surface area (Å²) in [5.41, 5.74) is 4.11. The quantitative estimate of drug-likeness (QED) is 0.762. The van der Waals surface area contributed by atoms with Crippen LogP contribution in [0, 0.1) is 16.7 Å². The zero-order chi connectivity index (χ0) is 18.1. The van der Waals surface area contributed by atoms with Crippen molar-refractivity contribution in [2.24, 2.45) is 16.7 Å². The fourth-order valence-electron chi connectivity index (χ4n) is 6.19. The first-order valence-corrected chi connectivity index (χ1v) is 10.1. The molecular formula is C18H28N4O2S. The Morgan fingerprint density at radius 1 is 1.32 bits per heavy atom. The fourth-order valence-corrected chi connectivity index (χ4v) is 6.86. The van der Waals surface area contributed by atoms with Gasteiger partial charge >= 0.3 is 0 Å². The Bertz CT molecular complexity index is 720. The van der Waals surface area contributed by atoms with Gasteiger partial charge < -0.3 is 16.2 Å². The largest absolute Gasteiger partial charge is 0.390 e. The first kappa shape index (κ1) is 17.2. The summed E-state index contributed by atoms with van der Waals surface area (Å²) in [7, 11) is 0. The standard InChI is InChI=1S/C18H28N4O2S/c1-4-16-5-11-6-17(8-16,10-18(24,7-11)9-16)12(23)20-15(2,3)13-21-22-14(19)25-13/h11,24H,4-10H2,1-3H3,(H2,19,22)(H,20,23)/t11-,16+,17+,18+/m0/s1. The van der Waals surface area contributed by atoms with E-state index in [1.807, 2.05) is 13.8 Å². The molecule has 7 heteroatoms. The van der Waals surface area contributed by atoms with E-state index in [4.69, 9.17) is 5.73 Å². The minimum Gasteiger partial charge on any atom is -0.390 e. The van der Waals surface area contributed by atoms with Gasteiger partial charge in [-0.05, 0) is 63.7 Å². The summed E-state index contributed by atoms with van der Waals surface area (Å²) in [6.45, 7) is 6.08. The van der Waals surface area contributed by atoms with E-state index in [9.17, 15) is 9.90 Å². The van der Waals surface area contributed by atoms with E-state index in [1.54, 1.807) is 0 Å². The Hall–Kier alpha value is -1.21. The normalized spacial score (nSPS) is 39.6. The number of aliphatic hydroxyl groups is 1. The van der Waals surface area contributed by atoms with Gasteiger partial charge in [0.05, 0.1) is 16.6 Å². The summed E-state index contributed by atoms with van der Waals surface area (Å²) in [6.07, 6.45) is 6.32. The van der Waals surface area contributed by atoms with Crippen molar-refractivity contribution >= 4 is 22.4 Å². The average Bonchev–Trinajstić information content (AvgIpc) is 2.92. The van der Waals surface area contributed by atoms with Gasteiger partial charge in [-0.2, -0.15) is 0 Å². The molecule has 0 aliphatic heterocycles. The van der Waals surface area contributed by atoms with E-state index < -0.39 is 16.6 Å². The lowest BCUT2D eigenvalue weighted by Gasteiger charge is -2.64. The molecule has 4 aliphatic rings. The van der Waals surface area contributed by atoms with Gasteiger partial charge in [-0.25, -0.2) is 0 Å². The molecule has 4 atom stereocenters. The number of nitrogens with two attached hydrogens (primary N) is 1. The molecule has 0 aromatic carbocycles. The molecule has 4 aliphatic carbocycles. The van der Waals surface area contributed by atoms with Crippen LogP contribution in [-0.4, -0.2) is 26.8 Å². The maximum Gasteiger partial charge on any atom is 0.227 e. The number of carbonyl (C=O) groups is 1. The molecule has 5 rings (SSSR count). The van der Waals surface area contributed by atoms with Crippen LogP contribution in [0.1, 0.15) is 70.7 Å². The number of nitrogens with one attached hydrogen (secondary N) is 1. The van der Waals surface area contributed by atoms with Crippen molar-refractivity contribution in [1.82, 2.24) is 15.5 Å². The summed E-state index contributed by atoms with van der Waals surface area (Å²) in [6, 6.07) is 0. The van der Waals surface area contributed by atoms with Crippen molar-refractivity contribution in [1.29, 1.82) is 0 Å². The van der Waals surface area contributed by atoms with E-state index in [2.05, 4.69) is 22.4 Å². The average molecular weight is 365 g/mol. The predicted molar refractivity (Wildman–Crippen MR) is 96.8 cm³/mol. The van der Waals surface area contributed by atoms with Gasteiger partial charge in [0.25, 0.3) is 0 Å². The second kappa shape index (κ2) is 5.16. The number of hydrogen-bond donors (Lipinski definition) is 3. The SMILES string of the molecule is CC[C@]12C[C@@H]3C[C@@](O)(C1)C[C@@](C(=O)NC(C)(C)c1nnc(N)s1)(C3)C2. The molecule has 0 unspecified atom stereocenters. The highest BCUT2D eigenvalue weighted by Gasteiger charge is 2.65. The molecule has 1 amide bonds. The summed E-state index contributed by atoms with van der Waals surface area (Å²) in [5, 5.41) is 23.4. The molecular weight excluding hydrogens is 336 g/mol. The molecule has 0 radical (unpaired) electrons. The third-order valence-electron chi connectivity index (χ3n) is 6.79. The topological polar surface area (TPSA) is 101 Å². The van der Waals surface area contributed by atoms with Crippen LogP contribution in [0.5, 0.6) is 0 Å². The van der Waals surface area contributed by atoms with E-state index >= 15 is 0 Å². The molecule has 25 heavy (non-hydrogen) atoms. The van der Waals surface area contributed by atoms with Gasteiger partial charge in [0.1, 0.15) is 5.01 Å². The Kier molecular flexibility index (Phi) is 3.55. The summed E-state index contributed by atoms with van der Waals surface area (Å²) in [5.74, 6) is 0.527. The number of rotatable bonds is 4. The molecule has 6 nitrogen and oxygen atoms in total. The number of amides is 1. The maximum atomic E-state index is 13.4. The van der Waals surface area contributed by atoms with Gasteiger partial charge in [0, 0.05) is 0 Å². The van der Waals surface area contributed by atoms with Crippen molar-refractivity contribution in [2.75, 3.05) is 5.73 Å². The molecule has 1 aromatic rings. The van der Waals surface area contributed by atoms with Crippen LogP contribution in [-0.2, 0) is 10.3 Å². The zero-order valence-corrected chi connectivity index (χ0v) is 16.1. The highest BCUT2D eigenvalue weighted by molar-refractivity contribution is 7.15. The van der Waals surface area contributed by atoms with E-state index in [1.165, 1.54) is 11.3 Å². The van der Waals surface area contributed by atoms with Crippen LogP contribution in [0.4, 0.5) is 5.13 Å². The van der Waals surface area contributed by atoms with Crippen LogP contribution in [0.2, 0.25) is 0 Å². The van der Waals surface area contributed by atoms with Gasteiger partial charge in [-0.1, -0.05) is 24.7 Å². The Morgan fingerprint density at radius 3 is 2.68 bits per heavy atom. The lowest BCUT2D eigenvalue weighted by Crippen LogP contribution is -2.64. The highest BCUT2D eigenvalue weighted by Crippen LogP contribution is 2.67. The van der Waals surface area contributed by atoms with Gasteiger partial charge in [0.15, 0.2) is 0 Å². The molecule has 138 valence electrons. The van der Waals surface area contributed by atoms with Crippen LogP contribution in [0.3, 0.4) is 0 Å². The molecule has 4 saturated carbocycles. The lowest BCUT2D eigenvalue weighted by atomic mass is 9.42. The lowest BCUT2D eigenvalue weighted by molar-refractivity contribution is -0.205. The molecule has 4 N–H and O–H groups in total. The third-order valence-corrected chi connectivity index (χ3v) is 7.86. The van der Waals surface area contributed by atoms with E-state index in [0.717, 1.165) is 38.5 Å². The van der Waals surface area contributed by atoms with Crippen LogP contribution in [0.25, 0.3) is 0 Å². The monoisotopic (exact) mass is 364 g/mol. The van der Waals surface area contributed by atoms with Crippen molar-refractivity contribution in [3.8, 4) is 0 Å². The van der Waals surface area contributed by atoms with Gasteiger partial charge in [0.2, 0.25) is 11.0 Å². The predicted octanol–water partition coefficient (Wildman–Crippen LogP) is 2.58. The summed E-state index contributed by atoms with van der Waals surface area (Å²) < 4.78 is 0. The summed E-state index contributed by atoms with van der Waals surface area (Å²) >= 11 is 1.31. The van der Waals surface area contributed by atoms with Crippen molar-refractivity contribution in [3.63, 3.8) is 0 Å². The highest BCUT2D eigenvalue weighted by atomic mass is 32.1. The number of nitrogens with zero attached hydrogens (tertiary/aromatic N) is 2. The Labute approximate surface area is 152 Å². The smallest absolute Gasteiger partial charge is 0.227 e. The second-order valence-electron chi connectivity index (χ2n) is 9.39. The van der Waals surface area contributed by atoms with E-state index in [-0.39, 0.29) is 11.3 Å². The minimum absolute atomic E-state index is 0.0617. The first-order chi connectivity index (χ1) is 11.6. The number of nitrogen functional groups attached to an aromatic ring is 1. The number of hydrogen-bond acceptors (Lipinski definition) is 6. The Balaban J connectivity index is 1.61. The molecule has 0 saturated heterocycles. The summed E-state index contributed by atoms with van der Waals surface area (Å²) in [4.78, 5) is 13.4. The molecule has 1 heterocycles. The maximum absolute atomic E-state index is 13.4. The van der Waals surface area contributed by atoms with Crippen LogP contribution < -0.4 is 11.1 Å². The van der Waals surface area contributed by atoms with Crippen molar-refractivity contribution < 1.29 is 9.90 Å². The molecule has 0 spiro atoms. The fraction of sp³-hybridized carbons (Fsp3) is 0.833. The number of anilines is 1. The molecule has 4 fully saturated rings.